The van der Waals surface area contributed by atoms with Crippen molar-refractivity contribution < 1.29 is 9.50 Å². The van der Waals surface area contributed by atoms with E-state index in [1.54, 1.807) is 30.6 Å². The van der Waals surface area contributed by atoms with Crippen molar-refractivity contribution in [3.8, 4) is 39.7 Å². The number of H-pyrrole nitrogens is 2. The van der Waals surface area contributed by atoms with Crippen LogP contribution in [0.2, 0.25) is 0 Å². The third-order valence-electron chi connectivity index (χ3n) is 5.36. The molecule has 154 valence electrons. The van der Waals surface area contributed by atoms with Crippen LogP contribution in [0.15, 0.2) is 73.2 Å². The molecule has 0 spiro atoms. The number of halogens is 1. The summed E-state index contributed by atoms with van der Waals surface area (Å²) in [6, 6.07) is 15.5. The molecule has 0 aliphatic rings. The maximum Gasteiger partial charge on any atom is 0.159 e. The van der Waals surface area contributed by atoms with Crippen molar-refractivity contribution in [3.63, 3.8) is 0 Å². The van der Waals surface area contributed by atoms with Crippen LogP contribution >= 0.6 is 0 Å². The Labute approximate surface area is 180 Å². The first kappa shape index (κ1) is 18.2. The van der Waals surface area contributed by atoms with Crippen LogP contribution < -0.4 is 0 Å². The maximum atomic E-state index is 13.4. The molecule has 0 aliphatic heterocycles. The Morgan fingerprint density at radius 2 is 1.66 bits per heavy atom. The number of aromatic amines is 2. The fourth-order valence-corrected chi connectivity index (χ4v) is 3.83. The predicted octanol–water partition coefficient (Wildman–Crippen LogP) is 5.07. The van der Waals surface area contributed by atoms with E-state index in [9.17, 15) is 9.50 Å². The van der Waals surface area contributed by atoms with Crippen LogP contribution in [0, 0.1) is 5.82 Å². The van der Waals surface area contributed by atoms with E-state index in [0.717, 1.165) is 33.1 Å². The zero-order valence-electron chi connectivity index (χ0n) is 16.5. The number of imidazole rings is 1. The number of benzene rings is 2. The molecule has 0 atom stereocenters. The third kappa shape index (κ3) is 2.97. The molecule has 0 bridgehead atoms. The van der Waals surface area contributed by atoms with Gasteiger partial charge in [0.15, 0.2) is 5.82 Å². The van der Waals surface area contributed by atoms with Crippen LogP contribution in [0.3, 0.4) is 0 Å². The summed E-state index contributed by atoms with van der Waals surface area (Å²) in [5, 5.41) is 18.2. The second-order valence-corrected chi connectivity index (χ2v) is 7.41. The van der Waals surface area contributed by atoms with Gasteiger partial charge < -0.3 is 10.1 Å². The van der Waals surface area contributed by atoms with Gasteiger partial charge in [-0.05, 0) is 54.1 Å². The molecule has 0 radical (unpaired) electrons. The molecular formula is C24H15FN6O. The van der Waals surface area contributed by atoms with Gasteiger partial charge in [0.05, 0.1) is 22.9 Å². The van der Waals surface area contributed by atoms with Gasteiger partial charge in [0, 0.05) is 28.9 Å². The Morgan fingerprint density at radius 3 is 2.50 bits per heavy atom. The van der Waals surface area contributed by atoms with E-state index in [1.807, 2.05) is 24.3 Å². The normalized spacial score (nSPS) is 11.4. The Kier molecular flexibility index (Phi) is 3.97. The minimum absolute atomic E-state index is 0.105. The summed E-state index contributed by atoms with van der Waals surface area (Å²) < 4.78 is 13.4. The molecule has 8 heteroatoms. The molecule has 7 nitrogen and oxygen atoms in total. The van der Waals surface area contributed by atoms with Gasteiger partial charge in [-0.3, -0.25) is 15.1 Å². The Hall–Kier alpha value is -4.59. The molecular weight excluding hydrogens is 407 g/mol. The number of rotatable bonds is 3. The molecule has 6 aromatic rings. The first-order valence-electron chi connectivity index (χ1n) is 9.89. The molecule has 3 N–H and O–H groups in total. The van der Waals surface area contributed by atoms with Gasteiger partial charge in [0.2, 0.25) is 0 Å². The smallest absolute Gasteiger partial charge is 0.159 e. The first-order chi connectivity index (χ1) is 15.7. The highest BCUT2D eigenvalue weighted by molar-refractivity contribution is 5.97. The van der Waals surface area contributed by atoms with E-state index in [0.29, 0.717) is 22.7 Å². The van der Waals surface area contributed by atoms with Crippen LogP contribution in [-0.2, 0) is 0 Å². The molecule has 6 rings (SSSR count). The fourth-order valence-electron chi connectivity index (χ4n) is 3.83. The monoisotopic (exact) mass is 422 g/mol. The Bertz CT molecular complexity index is 1600. The van der Waals surface area contributed by atoms with Crippen LogP contribution in [0.4, 0.5) is 4.39 Å². The summed E-state index contributed by atoms with van der Waals surface area (Å²) in [4.78, 5) is 16.6. The number of fused-ring (bicyclic) bond motifs is 2. The highest BCUT2D eigenvalue weighted by atomic mass is 19.1. The van der Waals surface area contributed by atoms with Crippen LogP contribution in [0.5, 0.6) is 5.75 Å². The predicted molar refractivity (Wildman–Crippen MR) is 119 cm³/mol. The number of aromatic nitrogens is 6. The van der Waals surface area contributed by atoms with Gasteiger partial charge in [0.1, 0.15) is 22.8 Å². The second kappa shape index (κ2) is 6.98. The minimum Gasteiger partial charge on any atom is -0.506 e. The third-order valence-corrected chi connectivity index (χ3v) is 5.36. The molecule has 2 aromatic carbocycles. The lowest BCUT2D eigenvalue weighted by atomic mass is 10.0. The first-order valence-corrected chi connectivity index (χ1v) is 9.89. The summed E-state index contributed by atoms with van der Waals surface area (Å²) in [5.41, 5.74) is 6.14. The lowest BCUT2D eigenvalue weighted by Gasteiger charge is -2.02. The van der Waals surface area contributed by atoms with Crippen molar-refractivity contribution in [3.05, 3.63) is 79.0 Å². The van der Waals surface area contributed by atoms with Gasteiger partial charge in [-0.2, -0.15) is 5.10 Å². The van der Waals surface area contributed by atoms with Gasteiger partial charge >= 0.3 is 0 Å². The molecule has 0 saturated carbocycles. The lowest BCUT2D eigenvalue weighted by molar-refractivity contribution is 0.473. The highest BCUT2D eigenvalue weighted by Crippen LogP contribution is 2.32. The SMILES string of the molecule is Oc1cncc(-c2ccc3[nH]nc(-c4nc5c(-c6ccc(F)cc6)nccc5[nH]4)c3c2)c1. The van der Waals surface area contributed by atoms with E-state index < -0.39 is 0 Å². The summed E-state index contributed by atoms with van der Waals surface area (Å²) in [7, 11) is 0. The maximum absolute atomic E-state index is 13.4. The number of nitrogens with one attached hydrogen (secondary N) is 2. The molecule has 32 heavy (non-hydrogen) atoms. The van der Waals surface area contributed by atoms with E-state index in [-0.39, 0.29) is 11.6 Å². The van der Waals surface area contributed by atoms with Crippen molar-refractivity contribution in [2.75, 3.05) is 0 Å². The zero-order valence-corrected chi connectivity index (χ0v) is 16.5. The second-order valence-electron chi connectivity index (χ2n) is 7.41. The molecule has 0 fully saturated rings. The number of aromatic hydroxyl groups is 1. The van der Waals surface area contributed by atoms with Crippen molar-refractivity contribution in [2.45, 2.75) is 0 Å². The number of nitrogens with zero attached hydrogens (tertiary/aromatic N) is 4. The van der Waals surface area contributed by atoms with Crippen molar-refractivity contribution in [2.24, 2.45) is 0 Å². The molecule has 4 aromatic heterocycles. The van der Waals surface area contributed by atoms with Crippen LogP contribution in [0.25, 0.3) is 55.8 Å². The van der Waals surface area contributed by atoms with Gasteiger partial charge in [0.25, 0.3) is 0 Å². The van der Waals surface area contributed by atoms with E-state index in [4.69, 9.17) is 4.98 Å². The topological polar surface area (TPSA) is 103 Å². The molecule has 4 heterocycles. The van der Waals surface area contributed by atoms with E-state index >= 15 is 0 Å². The zero-order chi connectivity index (χ0) is 21.7. The van der Waals surface area contributed by atoms with E-state index in [1.165, 1.54) is 18.3 Å². The molecule has 0 aliphatic carbocycles. The fraction of sp³-hybridized carbons (Fsp3) is 0. The largest absolute Gasteiger partial charge is 0.506 e. The number of hydrogen-bond donors (Lipinski definition) is 3. The van der Waals surface area contributed by atoms with Crippen molar-refractivity contribution in [1.82, 2.24) is 30.1 Å². The van der Waals surface area contributed by atoms with Crippen molar-refractivity contribution in [1.29, 1.82) is 0 Å². The van der Waals surface area contributed by atoms with Gasteiger partial charge in [-0.25, -0.2) is 9.37 Å². The average Bonchev–Trinajstić information content (AvgIpc) is 3.43. The summed E-state index contributed by atoms with van der Waals surface area (Å²) in [5.74, 6) is 0.395. The number of pyridine rings is 2. The molecule has 0 amide bonds. The minimum atomic E-state index is -0.302. The summed E-state index contributed by atoms with van der Waals surface area (Å²) in [6.45, 7) is 0. The summed E-state index contributed by atoms with van der Waals surface area (Å²) >= 11 is 0. The van der Waals surface area contributed by atoms with Crippen LogP contribution in [-0.4, -0.2) is 35.2 Å². The van der Waals surface area contributed by atoms with Crippen LogP contribution in [0.1, 0.15) is 0 Å². The molecule has 0 saturated heterocycles. The Balaban J connectivity index is 1.50. The highest BCUT2D eigenvalue weighted by Gasteiger charge is 2.16. The average molecular weight is 422 g/mol. The molecule has 0 unspecified atom stereocenters. The van der Waals surface area contributed by atoms with Gasteiger partial charge in [-0.1, -0.05) is 6.07 Å². The van der Waals surface area contributed by atoms with Gasteiger partial charge in [-0.15, -0.1) is 0 Å². The van der Waals surface area contributed by atoms with Crippen molar-refractivity contribution >= 4 is 21.9 Å². The summed E-state index contributed by atoms with van der Waals surface area (Å²) in [6.07, 6.45) is 4.79. The Morgan fingerprint density at radius 1 is 0.812 bits per heavy atom. The van der Waals surface area contributed by atoms with E-state index in [2.05, 4.69) is 25.1 Å². The number of hydrogen-bond acceptors (Lipinski definition) is 5. The standard InChI is InChI=1S/C24H15FN6O/c25-16-4-1-13(2-5-16)21-23-20(7-8-27-21)28-24(29-23)22-18-10-14(3-6-19(18)30-31-22)15-9-17(32)12-26-11-15/h1-12,32H,(H,28,29)(H,30,31). The quantitative estimate of drug-likeness (QED) is 0.369. The lowest BCUT2D eigenvalue weighted by Crippen LogP contribution is -1.86.